The fraction of sp³-hybridized carbons (Fsp3) is 0.364. The summed E-state index contributed by atoms with van der Waals surface area (Å²) in [6.07, 6.45) is -0.406. The van der Waals surface area contributed by atoms with Crippen LogP contribution in [0.4, 0.5) is 17.1 Å². The van der Waals surface area contributed by atoms with Crippen LogP contribution in [0.1, 0.15) is 19.4 Å². The molecule has 118 valence electrons. The molecule has 0 aliphatic rings. The van der Waals surface area contributed by atoms with Crippen LogP contribution in [0.5, 0.6) is 0 Å². The van der Waals surface area contributed by atoms with Crippen LogP contribution >= 0.6 is 0 Å². The molecule has 0 atom stereocenters. The summed E-state index contributed by atoms with van der Waals surface area (Å²) >= 11 is 0. The molecule has 0 spiro atoms. The lowest BCUT2D eigenvalue weighted by Crippen LogP contribution is -2.21. The third-order valence-electron chi connectivity index (χ3n) is 2.81. The Morgan fingerprint density at radius 1 is 1.14 bits per heavy atom. The Hall–Kier alpha value is -1.95. The average molecular weight is 300 g/mol. The molecule has 0 saturated heterocycles. The molecule has 0 fully saturated rings. The molecule has 10 nitrogen and oxygen atoms in total. The van der Waals surface area contributed by atoms with E-state index in [4.69, 9.17) is 15.6 Å². The Labute approximate surface area is 119 Å². The summed E-state index contributed by atoms with van der Waals surface area (Å²) in [5.74, 6) is -0.763. The van der Waals surface area contributed by atoms with Gasteiger partial charge in [0, 0.05) is 23.6 Å². The van der Waals surface area contributed by atoms with Crippen LogP contribution in [0.25, 0.3) is 0 Å². The minimum absolute atomic E-state index is 0.234. The Morgan fingerprint density at radius 2 is 1.67 bits per heavy atom. The van der Waals surface area contributed by atoms with E-state index in [1.165, 1.54) is 0 Å². The first-order valence-corrected chi connectivity index (χ1v) is 5.83. The molecule has 1 aromatic rings. The molecule has 1 rings (SSSR count). The van der Waals surface area contributed by atoms with E-state index in [9.17, 15) is 20.4 Å². The van der Waals surface area contributed by atoms with Crippen molar-refractivity contribution in [3.05, 3.63) is 33.3 Å². The molecule has 3 N–H and O–H groups in total. The van der Waals surface area contributed by atoms with Gasteiger partial charge in [-0.05, 0) is 12.1 Å². The van der Waals surface area contributed by atoms with E-state index >= 15 is 0 Å². The number of carbonyl (C=O) groups is 1. The first kappa shape index (κ1) is 17.1. The molecular formula is C11H14N3O7-3. The van der Waals surface area contributed by atoms with Crippen molar-refractivity contribution >= 4 is 22.8 Å². The number of Topliss-reactive ketones (excluding diaryl/α,β-unsaturated/α-hetero) is 1. The van der Waals surface area contributed by atoms with Crippen molar-refractivity contribution in [2.45, 2.75) is 20.3 Å². The molecule has 10 heteroatoms. The lowest BCUT2D eigenvalue weighted by Gasteiger charge is -2.39. The number of hydrogen-bond donors (Lipinski definition) is 3. The van der Waals surface area contributed by atoms with Crippen molar-refractivity contribution in [2.75, 3.05) is 15.7 Å². The number of anilines is 3. The quantitative estimate of drug-likeness (QED) is 0.658. The minimum Gasteiger partial charge on any atom is -0.769 e. The highest BCUT2D eigenvalue weighted by Gasteiger charge is 2.19. The van der Waals surface area contributed by atoms with E-state index in [0.717, 1.165) is 12.1 Å². The molecule has 21 heavy (non-hydrogen) atoms. The van der Waals surface area contributed by atoms with E-state index in [0.29, 0.717) is 0 Å². The van der Waals surface area contributed by atoms with Gasteiger partial charge in [-0.2, -0.15) is 0 Å². The van der Waals surface area contributed by atoms with E-state index < -0.39 is 45.1 Å². The molecule has 0 aromatic heterocycles. The van der Waals surface area contributed by atoms with Gasteiger partial charge in [-0.3, -0.25) is 20.4 Å². The van der Waals surface area contributed by atoms with Gasteiger partial charge in [-0.25, -0.2) is 0 Å². The van der Waals surface area contributed by atoms with Crippen molar-refractivity contribution in [1.29, 1.82) is 0 Å². The summed E-state index contributed by atoms with van der Waals surface area (Å²) in [4.78, 5) is 11.8. The van der Waals surface area contributed by atoms with Crippen molar-refractivity contribution in [2.24, 2.45) is 5.92 Å². The zero-order chi connectivity index (χ0) is 16.3. The second-order valence-corrected chi connectivity index (χ2v) is 4.58. The number of benzene rings is 1. The van der Waals surface area contributed by atoms with Gasteiger partial charge in [0.05, 0.1) is 5.69 Å². The number of rotatable bonds is 6. The lowest BCUT2D eigenvalue weighted by molar-refractivity contribution is -0.121. The van der Waals surface area contributed by atoms with Gasteiger partial charge in [-0.1, -0.05) is 13.8 Å². The molecule has 0 bridgehead atoms. The number of nitrogens with zero attached hydrogens (tertiary/aromatic N) is 3. The second-order valence-electron chi connectivity index (χ2n) is 4.58. The standard InChI is InChI=1S/C11H14N3O7/c1-6(2)11(15)5-8-9(13(18)19)3-7(12(16)17)4-10(8)14(20)21/h3-4,6,18-20H,5H2,1-2H3/q-3. The normalized spacial score (nSPS) is 10.7. The molecule has 0 unspecified atom stereocenters. The van der Waals surface area contributed by atoms with Crippen LogP contribution in [0.15, 0.2) is 12.1 Å². The maximum Gasteiger partial charge on any atom is 0.139 e. The van der Waals surface area contributed by atoms with Gasteiger partial charge in [-0.15, -0.1) is 5.23 Å². The van der Waals surface area contributed by atoms with Crippen LogP contribution in [0.3, 0.4) is 0 Å². The first-order valence-electron chi connectivity index (χ1n) is 5.83. The van der Waals surface area contributed by atoms with E-state index in [1.54, 1.807) is 13.8 Å². The number of hydrogen-bond acceptors (Lipinski definition) is 10. The minimum atomic E-state index is -0.881. The summed E-state index contributed by atoms with van der Waals surface area (Å²) in [7, 11) is 0. The SMILES string of the molecule is CC(C)C(=O)Cc1c(N([O-])O)cc(N([O-])[O-])cc1N(O)O. The summed E-state index contributed by atoms with van der Waals surface area (Å²) in [5, 5.41) is 57.9. The lowest BCUT2D eigenvalue weighted by atomic mass is 9.98. The van der Waals surface area contributed by atoms with Gasteiger partial charge in [0.15, 0.2) is 0 Å². The predicted molar refractivity (Wildman–Crippen MR) is 72.9 cm³/mol. The first-order chi connectivity index (χ1) is 9.65. The van der Waals surface area contributed by atoms with Crippen LogP contribution < -0.4 is 15.7 Å². The Balaban J connectivity index is 3.46. The van der Waals surface area contributed by atoms with Crippen LogP contribution in [0, 0.1) is 21.5 Å². The van der Waals surface area contributed by atoms with Gasteiger partial charge in [0.2, 0.25) is 0 Å². The van der Waals surface area contributed by atoms with Crippen molar-refractivity contribution in [3.63, 3.8) is 0 Å². The highest BCUT2D eigenvalue weighted by Crippen LogP contribution is 2.35. The van der Waals surface area contributed by atoms with Gasteiger partial charge < -0.3 is 26.1 Å². The third kappa shape index (κ3) is 4.01. The fourth-order valence-electron chi connectivity index (χ4n) is 1.64. The largest absolute Gasteiger partial charge is 0.769 e. The predicted octanol–water partition coefficient (Wildman–Crippen LogP) is 1.53. The summed E-state index contributed by atoms with van der Waals surface area (Å²) < 4.78 is 0. The molecule has 0 aliphatic carbocycles. The molecule has 1 aromatic carbocycles. The molecule has 0 radical (unpaired) electrons. The molecule has 0 amide bonds. The van der Waals surface area contributed by atoms with Crippen LogP contribution in [0.2, 0.25) is 0 Å². The van der Waals surface area contributed by atoms with Gasteiger partial charge >= 0.3 is 0 Å². The number of carbonyl (C=O) groups excluding carboxylic acids is 1. The van der Waals surface area contributed by atoms with Gasteiger partial charge in [0.25, 0.3) is 0 Å². The highest BCUT2D eigenvalue weighted by molar-refractivity contribution is 5.87. The molecule has 0 saturated carbocycles. The fourth-order valence-corrected chi connectivity index (χ4v) is 1.64. The third-order valence-corrected chi connectivity index (χ3v) is 2.81. The molecule has 0 aliphatic heterocycles. The Bertz CT molecular complexity index is 488. The maximum atomic E-state index is 11.8. The van der Waals surface area contributed by atoms with Crippen molar-refractivity contribution in [1.82, 2.24) is 0 Å². The maximum absolute atomic E-state index is 11.8. The monoisotopic (exact) mass is 300 g/mol. The summed E-state index contributed by atoms with van der Waals surface area (Å²) in [6, 6.07) is 1.51. The molecular weight excluding hydrogens is 286 g/mol. The average Bonchev–Trinajstić information content (AvgIpc) is 2.37. The zero-order valence-corrected chi connectivity index (χ0v) is 11.3. The van der Waals surface area contributed by atoms with Crippen molar-refractivity contribution < 1.29 is 20.4 Å². The smallest absolute Gasteiger partial charge is 0.139 e. The molecule has 0 heterocycles. The summed E-state index contributed by atoms with van der Waals surface area (Å²) in [5.41, 5.74) is -2.03. The highest BCUT2D eigenvalue weighted by atomic mass is 16.8. The number of ketones is 1. The van der Waals surface area contributed by atoms with Crippen LogP contribution in [-0.4, -0.2) is 21.4 Å². The van der Waals surface area contributed by atoms with E-state index in [-0.39, 0.29) is 11.3 Å². The topological polar surface area (TPSA) is 157 Å². The van der Waals surface area contributed by atoms with Gasteiger partial charge in [0.1, 0.15) is 11.5 Å². The van der Waals surface area contributed by atoms with E-state index in [1.807, 2.05) is 0 Å². The van der Waals surface area contributed by atoms with Crippen molar-refractivity contribution in [3.8, 4) is 0 Å². The Morgan fingerprint density at radius 3 is 2.05 bits per heavy atom. The second kappa shape index (κ2) is 6.67. The Kier molecular flexibility index (Phi) is 5.43. The van der Waals surface area contributed by atoms with Crippen LogP contribution in [-0.2, 0) is 11.2 Å². The van der Waals surface area contributed by atoms with E-state index in [2.05, 4.69) is 0 Å². The zero-order valence-electron chi connectivity index (χ0n) is 11.3. The summed E-state index contributed by atoms with van der Waals surface area (Å²) in [6.45, 7) is 3.19.